The van der Waals surface area contributed by atoms with Crippen LogP contribution in [0.5, 0.6) is 0 Å². The van der Waals surface area contributed by atoms with E-state index in [-0.39, 0.29) is 5.91 Å². The van der Waals surface area contributed by atoms with Gasteiger partial charge in [0, 0.05) is 26.2 Å². The van der Waals surface area contributed by atoms with Crippen LogP contribution in [-0.2, 0) is 9.59 Å². The summed E-state index contributed by atoms with van der Waals surface area (Å²) in [4.78, 5) is 52.4. The molecule has 23 heavy (non-hydrogen) atoms. The maximum Gasteiger partial charge on any atom is 0.262 e. The molecule has 0 aliphatic carbocycles. The molecule has 120 valence electrons. The molecule has 7 heteroatoms. The number of hydrogen-bond donors (Lipinski definition) is 0. The predicted octanol–water partition coefficient (Wildman–Crippen LogP) is -0.0283. The highest BCUT2D eigenvalue weighted by atomic mass is 16.2. The Labute approximate surface area is 133 Å². The minimum atomic E-state index is -0.856. The van der Waals surface area contributed by atoms with Crippen molar-refractivity contribution in [3.63, 3.8) is 0 Å². The van der Waals surface area contributed by atoms with Crippen LogP contribution in [0, 0.1) is 0 Å². The highest BCUT2D eigenvalue weighted by Gasteiger charge is 2.41. The Morgan fingerprint density at radius 1 is 1.04 bits per heavy atom. The molecule has 2 aliphatic heterocycles. The molecule has 2 heterocycles. The smallest absolute Gasteiger partial charge is 0.262 e. The van der Waals surface area contributed by atoms with Crippen molar-refractivity contribution in [3.05, 3.63) is 35.4 Å². The van der Waals surface area contributed by atoms with Gasteiger partial charge in [-0.05, 0) is 19.1 Å². The molecule has 0 aromatic heterocycles. The van der Waals surface area contributed by atoms with E-state index in [0.29, 0.717) is 37.3 Å². The number of nitrogens with zero attached hydrogens (tertiary/aromatic N) is 3. The first-order valence-electron chi connectivity index (χ1n) is 7.49. The summed E-state index contributed by atoms with van der Waals surface area (Å²) in [5.41, 5.74) is 0.672. The van der Waals surface area contributed by atoms with Gasteiger partial charge >= 0.3 is 0 Å². The summed E-state index contributed by atoms with van der Waals surface area (Å²) < 4.78 is 0. The Morgan fingerprint density at radius 2 is 1.57 bits per heavy atom. The molecule has 1 atom stereocenters. The van der Waals surface area contributed by atoms with Gasteiger partial charge in [-0.2, -0.15) is 0 Å². The molecule has 0 unspecified atom stereocenters. The van der Waals surface area contributed by atoms with Crippen LogP contribution < -0.4 is 0 Å². The normalized spacial score (nSPS) is 18.9. The lowest BCUT2D eigenvalue weighted by molar-refractivity contribution is -0.138. The average Bonchev–Trinajstić information content (AvgIpc) is 2.85. The molecule has 1 aromatic carbocycles. The van der Waals surface area contributed by atoms with Crippen LogP contribution in [-0.4, -0.2) is 71.1 Å². The maximum absolute atomic E-state index is 12.6. The average molecular weight is 315 g/mol. The Bertz CT molecular complexity index is 645. The Morgan fingerprint density at radius 3 is 2.04 bits per heavy atom. The van der Waals surface area contributed by atoms with E-state index in [1.165, 1.54) is 0 Å². The second kappa shape index (κ2) is 5.83. The third-order valence-corrected chi connectivity index (χ3v) is 4.35. The molecule has 0 saturated carbocycles. The van der Waals surface area contributed by atoms with Crippen LogP contribution in [0.15, 0.2) is 24.3 Å². The molecule has 3 rings (SSSR count). The van der Waals surface area contributed by atoms with E-state index in [0.717, 1.165) is 11.3 Å². The lowest BCUT2D eigenvalue weighted by Crippen LogP contribution is -2.54. The number of carbonyl (C=O) groups excluding carboxylic acids is 4. The fourth-order valence-corrected chi connectivity index (χ4v) is 2.98. The minimum absolute atomic E-state index is 0.273. The van der Waals surface area contributed by atoms with Crippen molar-refractivity contribution in [2.24, 2.45) is 0 Å². The molecule has 0 spiro atoms. The summed E-state index contributed by atoms with van der Waals surface area (Å²) >= 11 is 0. The number of imide groups is 1. The van der Waals surface area contributed by atoms with E-state index in [2.05, 4.69) is 0 Å². The number of rotatable bonds is 3. The molecule has 4 amide bonds. The van der Waals surface area contributed by atoms with Crippen LogP contribution in [0.4, 0.5) is 0 Å². The summed E-state index contributed by atoms with van der Waals surface area (Å²) in [5, 5.41) is 0. The van der Waals surface area contributed by atoms with E-state index >= 15 is 0 Å². The van der Waals surface area contributed by atoms with E-state index in [1.807, 2.05) is 0 Å². The topological polar surface area (TPSA) is 78.0 Å². The maximum atomic E-state index is 12.6. The standard InChI is InChI=1S/C16H17N3O4/c1-11(14(21)18-8-6-17(10-20)7-9-18)19-15(22)12-4-2-3-5-13(12)16(19)23/h2-5,10-11H,6-9H2,1H3/t11-/m1/s1. The molecule has 1 fully saturated rings. The van der Waals surface area contributed by atoms with E-state index in [1.54, 1.807) is 41.0 Å². The third kappa shape index (κ3) is 2.48. The second-order valence-corrected chi connectivity index (χ2v) is 5.67. The lowest BCUT2D eigenvalue weighted by atomic mass is 10.1. The first kappa shape index (κ1) is 15.2. The summed E-state index contributed by atoms with van der Waals surface area (Å²) in [7, 11) is 0. The zero-order valence-corrected chi connectivity index (χ0v) is 12.8. The number of amides is 4. The highest BCUT2D eigenvalue weighted by molar-refractivity contribution is 6.22. The zero-order chi connectivity index (χ0) is 16.6. The summed E-state index contributed by atoms with van der Waals surface area (Å²) in [6.07, 6.45) is 0.759. The van der Waals surface area contributed by atoms with Crippen molar-refractivity contribution in [1.29, 1.82) is 0 Å². The number of piperazine rings is 1. The fraction of sp³-hybridized carbons (Fsp3) is 0.375. The summed E-state index contributed by atoms with van der Waals surface area (Å²) in [6, 6.07) is 5.72. The van der Waals surface area contributed by atoms with Crippen molar-refractivity contribution in [1.82, 2.24) is 14.7 Å². The van der Waals surface area contributed by atoms with Gasteiger partial charge in [-0.1, -0.05) is 12.1 Å². The van der Waals surface area contributed by atoms with E-state index < -0.39 is 17.9 Å². The number of hydrogen-bond acceptors (Lipinski definition) is 4. The highest BCUT2D eigenvalue weighted by Crippen LogP contribution is 2.25. The van der Waals surface area contributed by atoms with Gasteiger partial charge in [0.1, 0.15) is 6.04 Å². The number of carbonyl (C=O) groups is 4. The van der Waals surface area contributed by atoms with Gasteiger partial charge in [0.25, 0.3) is 11.8 Å². The third-order valence-electron chi connectivity index (χ3n) is 4.35. The van der Waals surface area contributed by atoms with Gasteiger partial charge in [-0.3, -0.25) is 24.1 Å². The molecular formula is C16H17N3O4. The quantitative estimate of drug-likeness (QED) is 0.580. The Balaban J connectivity index is 1.75. The molecule has 0 N–H and O–H groups in total. The number of fused-ring (bicyclic) bond motifs is 1. The molecule has 0 bridgehead atoms. The van der Waals surface area contributed by atoms with Gasteiger partial charge in [0.15, 0.2) is 0 Å². The molecule has 7 nitrogen and oxygen atoms in total. The molecule has 1 aromatic rings. The van der Waals surface area contributed by atoms with Crippen molar-refractivity contribution in [2.45, 2.75) is 13.0 Å². The Kier molecular flexibility index (Phi) is 3.85. The van der Waals surface area contributed by atoms with Crippen molar-refractivity contribution < 1.29 is 19.2 Å². The van der Waals surface area contributed by atoms with E-state index in [4.69, 9.17) is 0 Å². The lowest BCUT2D eigenvalue weighted by Gasteiger charge is -2.35. The minimum Gasteiger partial charge on any atom is -0.342 e. The largest absolute Gasteiger partial charge is 0.342 e. The van der Waals surface area contributed by atoms with Crippen molar-refractivity contribution >= 4 is 24.1 Å². The molecule has 2 aliphatic rings. The van der Waals surface area contributed by atoms with Crippen molar-refractivity contribution in [2.75, 3.05) is 26.2 Å². The van der Waals surface area contributed by atoms with Crippen LogP contribution >= 0.6 is 0 Å². The van der Waals surface area contributed by atoms with Gasteiger partial charge in [-0.15, -0.1) is 0 Å². The fourth-order valence-electron chi connectivity index (χ4n) is 2.98. The molecule has 1 saturated heterocycles. The SMILES string of the molecule is C[C@H](C(=O)N1CCN(C=O)CC1)N1C(=O)c2ccccc2C1=O. The van der Waals surface area contributed by atoms with Gasteiger partial charge in [0.05, 0.1) is 11.1 Å². The van der Waals surface area contributed by atoms with Gasteiger partial charge < -0.3 is 9.80 Å². The molecular weight excluding hydrogens is 298 g/mol. The predicted molar refractivity (Wildman–Crippen MR) is 80.6 cm³/mol. The summed E-state index contributed by atoms with van der Waals surface area (Å²) in [5.74, 6) is -1.14. The summed E-state index contributed by atoms with van der Waals surface area (Å²) in [6.45, 7) is 3.31. The monoisotopic (exact) mass is 315 g/mol. The zero-order valence-electron chi connectivity index (χ0n) is 12.8. The van der Waals surface area contributed by atoms with E-state index in [9.17, 15) is 19.2 Å². The van der Waals surface area contributed by atoms with Crippen LogP contribution in [0.3, 0.4) is 0 Å². The number of benzene rings is 1. The van der Waals surface area contributed by atoms with Gasteiger partial charge in [-0.25, -0.2) is 0 Å². The second-order valence-electron chi connectivity index (χ2n) is 5.67. The first-order valence-corrected chi connectivity index (χ1v) is 7.49. The van der Waals surface area contributed by atoms with Crippen molar-refractivity contribution in [3.8, 4) is 0 Å². The Hall–Kier alpha value is -2.70. The van der Waals surface area contributed by atoms with Crippen LogP contribution in [0.25, 0.3) is 0 Å². The van der Waals surface area contributed by atoms with Gasteiger partial charge in [0.2, 0.25) is 12.3 Å². The van der Waals surface area contributed by atoms with Crippen LogP contribution in [0.1, 0.15) is 27.6 Å². The van der Waals surface area contributed by atoms with Crippen LogP contribution in [0.2, 0.25) is 0 Å². The first-order chi connectivity index (χ1) is 11.0. The molecule has 0 radical (unpaired) electrons.